The normalized spacial score (nSPS) is 31.1. The molecule has 6 unspecified atom stereocenters. The lowest BCUT2D eigenvalue weighted by Gasteiger charge is -2.37. The summed E-state index contributed by atoms with van der Waals surface area (Å²) >= 11 is 0. The van der Waals surface area contributed by atoms with Gasteiger partial charge in [0.05, 0.1) is 12.1 Å². The maximum absolute atomic E-state index is 2.78. The molecule has 9 rings (SSSR count). The summed E-state index contributed by atoms with van der Waals surface area (Å²) in [5.41, 5.74) is 11.8. The van der Waals surface area contributed by atoms with E-state index >= 15 is 0 Å². The minimum Gasteiger partial charge on any atom is -0.357 e. The molecule has 0 spiro atoms. The highest BCUT2D eigenvalue weighted by molar-refractivity contribution is 5.73. The highest BCUT2D eigenvalue weighted by atomic mass is 15.2. The lowest BCUT2D eigenvalue weighted by Crippen LogP contribution is -2.41. The Labute approximate surface area is 262 Å². The van der Waals surface area contributed by atoms with Gasteiger partial charge in [-0.05, 0) is 84.6 Å². The second-order valence-corrected chi connectivity index (χ2v) is 13.3. The van der Waals surface area contributed by atoms with Gasteiger partial charge in [-0.25, -0.2) is 0 Å². The average Bonchev–Trinajstić information content (AvgIpc) is 3.62. The maximum atomic E-state index is 2.78. The molecule has 0 amide bonds. The number of para-hydroxylation sites is 2. The zero-order valence-electron chi connectivity index (χ0n) is 25.3. The summed E-state index contributed by atoms with van der Waals surface area (Å²) < 4.78 is 0. The molecule has 0 saturated carbocycles. The molecule has 2 nitrogen and oxygen atoms in total. The van der Waals surface area contributed by atoms with Crippen molar-refractivity contribution in [3.05, 3.63) is 167 Å². The fraction of sp³-hybridized carbons (Fsp3) is 0.286. The zero-order chi connectivity index (χ0) is 29.0. The molecule has 0 radical (unpaired) electrons. The van der Waals surface area contributed by atoms with Gasteiger partial charge in [0.15, 0.2) is 0 Å². The molecule has 7 aliphatic rings. The first kappa shape index (κ1) is 26.1. The highest BCUT2D eigenvalue weighted by Crippen LogP contribution is 2.53. The molecule has 5 aliphatic carbocycles. The number of benzene rings is 2. The van der Waals surface area contributed by atoms with Gasteiger partial charge >= 0.3 is 0 Å². The van der Waals surface area contributed by atoms with E-state index in [-0.39, 0.29) is 0 Å². The van der Waals surface area contributed by atoms with Crippen LogP contribution < -0.4 is 9.80 Å². The molecular formula is C42H40N2. The van der Waals surface area contributed by atoms with Crippen LogP contribution in [0.3, 0.4) is 0 Å². The van der Waals surface area contributed by atoms with Crippen molar-refractivity contribution in [2.24, 2.45) is 5.92 Å². The van der Waals surface area contributed by atoms with Crippen LogP contribution in [-0.2, 0) is 0 Å². The van der Waals surface area contributed by atoms with Crippen molar-refractivity contribution in [2.75, 3.05) is 9.80 Å². The molecule has 218 valence electrons. The van der Waals surface area contributed by atoms with Crippen LogP contribution in [0.1, 0.15) is 61.5 Å². The Balaban J connectivity index is 1.08. The number of rotatable bonds is 4. The summed E-state index contributed by atoms with van der Waals surface area (Å²) in [6.45, 7) is 0. The first-order valence-electron chi connectivity index (χ1n) is 16.8. The monoisotopic (exact) mass is 572 g/mol. The number of allylic oxidation sites excluding steroid dienone is 11. The number of fused-ring (bicyclic) bond motifs is 5. The highest BCUT2D eigenvalue weighted by Gasteiger charge is 2.44. The van der Waals surface area contributed by atoms with E-state index < -0.39 is 0 Å². The van der Waals surface area contributed by atoms with Crippen molar-refractivity contribution in [3.8, 4) is 0 Å². The van der Waals surface area contributed by atoms with E-state index in [9.17, 15) is 0 Å². The van der Waals surface area contributed by atoms with E-state index in [1.54, 1.807) is 5.57 Å². The van der Waals surface area contributed by atoms with E-state index in [1.807, 2.05) is 0 Å². The summed E-state index contributed by atoms with van der Waals surface area (Å²) in [6, 6.07) is 19.5. The fourth-order valence-corrected chi connectivity index (χ4v) is 9.06. The molecule has 2 heterocycles. The first-order valence-corrected chi connectivity index (χ1v) is 16.8. The van der Waals surface area contributed by atoms with E-state index in [4.69, 9.17) is 0 Å². The summed E-state index contributed by atoms with van der Waals surface area (Å²) in [5.74, 6) is 1.29. The van der Waals surface area contributed by atoms with Crippen LogP contribution in [0, 0.1) is 5.92 Å². The molecule has 2 aromatic rings. The van der Waals surface area contributed by atoms with Gasteiger partial charge in [-0.1, -0.05) is 115 Å². The van der Waals surface area contributed by atoms with Gasteiger partial charge < -0.3 is 9.80 Å². The molecule has 0 fully saturated rings. The minimum absolute atomic E-state index is 0.359. The molecule has 44 heavy (non-hydrogen) atoms. The molecule has 0 bridgehead atoms. The van der Waals surface area contributed by atoms with E-state index in [1.165, 1.54) is 52.2 Å². The van der Waals surface area contributed by atoms with Gasteiger partial charge in [0.2, 0.25) is 0 Å². The quantitative estimate of drug-likeness (QED) is 0.337. The SMILES string of the molecule is C1=CCCC(C2=CCC(N3c4c(C5C=CC6=C(C5)C5C=CCCC5N6c5ccccc5)cccc4C4C=CC=CC43)C=C2)=C1. The van der Waals surface area contributed by atoms with Crippen LogP contribution >= 0.6 is 0 Å². The topological polar surface area (TPSA) is 6.48 Å². The number of anilines is 2. The molecular weight excluding hydrogens is 532 g/mol. The minimum atomic E-state index is 0.359. The summed E-state index contributed by atoms with van der Waals surface area (Å²) in [7, 11) is 0. The molecule has 0 N–H and O–H groups in total. The van der Waals surface area contributed by atoms with Gasteiger partial charge in [-0.3, -0.25) is 0 Å². The second kappa shape index (κ2) is 10.7. The van der Waals surface area contributed by atoms with Gasteiger partial charge in [0, 0.05) is 40.9 Å². The first-order chi connectivity index (χ1) is 21.8. The molecule has 2 heteroatoms. The van der Waals surface area contributed by atoms with Crippen molar-refractivity contribution in [1.82, 2.24) is 0 Å². The predicted octanol–water partition coefficient (Wildman–Crippen LogP) is 9.77. The number of hydrogen-bond acceptors (Lipinski definition) is 2. The molecule has 0 saturated heterocycles. The molecule has 2 aliphatic heterocycles. The Hall–Kier alpha value is -4.30. The second-order valence-electron chi connectivity index (χ2n) is 13.3. The third-order valence-corrected chi connectivity index (χ3v) is 11.0. The third kappa shape index (κ3) is 4.14. The smallest absolute Gasteiger partial charge is 0.0586 e. The van der Waals surface area contributed by atoms with Gasteiger partial charge in [-0.2, -0.15) is 0 Å². The van der Waals surface area contributed by atoms with E-state index in [2.05, 4.69) is 143 Å². The standard InChI is InChI=1S/C42H40N2/c1-3-12-29(13-4-1)30-22-25-33(26-23-30)44-40-21-10-7-16-35(40)37-19-11-18-34(42(37)44)31-24-27-41-38(28-31)36-17-8-9-20-39(36)43(41)32-14-5-2-6-15-32/h1-3,5-8,10-12,14-19,21-25,27,31,33,35-36,39-40H,4,9,13,20,26,28H2. The van der Waals surface area contributed by atoms with E-state index in [0.29, 0.717) is 35.9 Å². The van der Waals surface area contributed by atoms with Crippen molar-refractivity contribution >= 4 is 11.4 Å². The van der Waals surface area contributed by atoms with E-state index in [0.717, 1.165) is 25.7 Å². The Morgan fingerprint density at radius 2 is 1.64 bits per heavy atom. The molecule has 0 aromatic heterocycles. The Bertz CT molecular complexity index is 1760. The summed E-state index contributed by atoms with van der Waals surface area (Å²) in [6.07, 6.45) is 40.4. The number of nitrogens with zero attached hydrogens (tertiary/aromatic N) is 2. The van der Waals surface area contributed by atoms with Crippen molar-refractivity contribution < 1.29 is 0 Å². The van der Waals surface area contributed by atoms with Crippen LogP contribution in [0.25, 0.3) is 0 Å². The van der Waals surface area contributed by atoms with Crippen molar-refractivity contribution in [3.63, 3.8) is 0 Å². The lowest BCUT2D eigenvalue weighted by molar-refractivity contribution is 0.512. The van der Waals surface area contributed by atoms with Crippen molar-refractivity contribution in [2.45, 2.75) is 68.5 Å². The summed E-state index contributed by atoms with van der Waals surface area (Å²) in [5, 5.41) is 0. The third-order valence-electron chi connectivity index (χ3n) is 11.0. The van der Waals surface area contributed by atoms with Crippen LogP contribution in [-0.4, -0.2) is 18.1 Å². The maximum Gasteiger partial charge on any atom is 0.0586 e. The van der Waals surface area contributed by atoms with Gasteiger partial charge in [-0.15, -0.1) is 0 Å². The van der Waals surface area contributed by atoms with Crippen molar-refractivity contribution in [1.29, 1.82) is 0 Å². The predicted molar refractivity (Wildman–Crippen MR) is 184 cm³/mol. The molecule has 2 aromatic carbocycles. The van der Waals surface area contributed by atoms with Crippen LogP contribution in [0.2, 0.25) is 0 Å². The van der Waals surface area contributed by atoms with Gasteiger partial charge in [0.1, 0.15) is 0 Å². The van der Waals surface area contributed by atoms with Crippen LogP contribution in [0.15, 0.2) is 156 Å². The molecule has 6 atom stereocenters. The van der Waals surface area contributed by atoms with Crippen LogP contribution in [0.5, 0.6) is 0 Å². The average molecular weight is 573 g/mol. The fourth-order valence-electron chi connectivity index (χ4n) is 9.06. The Kier molecular flexibility index (Phi) is 6.35. The Morgan fingerprint density at radius 1 is 0.727 bits per heavy atom. The van der Waals surface area contributed by atoms with Gasteiger partial charge in [0.25, 0.3) is 0 Å². The zero-order valence-corrected chi connectivity index (χ0v) is 25.3. The Morgan fingerprint density at radius 3 is 2.50 bits per heavy atom. The largest absolute Gasteiger partial charge is 0.357 e. The van der Waals surface area contributed by atoms with Crippen LogP contribution in [0.4, 0.5) is 11.4 Å². The lowest BCUT2D eigenvalue weighted by atomic mass is 9.78. The summed E-state index contributed by atoms with van der Waals surface area (Å²) in [4.78, 5) is 5.43. The number of hydrogen-bond donors (Lipinski definition) is 0.